The Bertz CT molecular complexity index is 2460. The number of benzene rings is 7. The molecule has 2 nitrogen and oxygen atoms in total. The van der Waals surface area contributed by atoms with E-state index in [4.69, 9.17) is 0 Å². The third-order valence-corrected chi connectivity index (χ3v) is 8.75. The molecule has 2 aromatic heterocycles. The molecule has 0 unspecified atom stereocenters. The number of aromatic nitrogens is 2. The summed E-state index contributed by atoms with van der Waals surface area (Å²) in [5, 5.41) is 10.3. The van der Waals surface area contributed by atoms with Gasteiger partial charge >= 0.3 is 0 Å². The fraction of sp³-hybridized carbons (Fsp3) is 0.0256. The van der Waals surface area contributed by atoms with Gasteiger partial charge in [0.05, 0.1) is 22.1 Å². The molecule has 9 aromatic rings. The zero-order chi connectivity index (χ0) is 27.1. The molecular weight excluding hydrogens is 496 g/mol. The lowest BCUT2D eigenvalue weighted by atomic mass is 9.96. The van der Waals surface area contributed by atoms with E-state index in [9.17, 15) is 0 Å². The summed E-state index contributed by atoms with van der Waals surface area (Å²) in [6, 6.07) is 51.1. The lowest BCUT2D eigenvalue weighted by Gasteiger charge is -2.12. The van der Waals surface area contributed by atoms with Crippen LogP contribution in [0.25, 0.3) is 76.5 Å². The normalized spacial score (nSPS) is 12.0. The molecule has 0 atom stereocenters. The van der Waals surface area contributed by atoms with E-state index in [-0.39, 0.29) is 0 Å². The predicted molar refractivity (Wildman–Crippen MR) is 175 cm³/mol. The van der Waals surface area contributed by atoms with Crippen molar-refractivity contribution < 1.29 is 0 Å². The summed E-state index contributed by atoms with van der Waals surface area (Å²) in [6.45, 7) is 2.15. The van der Waals surface area contributed by atoms with Crippen molar-refractivity contribution in [3.8, 4) is 11.4 Å². The largest absolute Gasteiger partial charge is 0.309 e. The van der Waals surface area contributed by atoms with Crippen LogP contribution in [0.2, 0.25) is 0 Å². The van der Waals surface area contributed by atoms with Gasteiger partial charge in [-0.25, -0.2) is 0 Å². The first-order valence-electron chi connectivity index (χ1n) is 14.2. The molecule has 192 valence electrons. The fourth-order valence-corrected chi connectivity index (χ4v) is 6.97. The zero-order valence-corrected chi connectivity index (χ0v) is 22.7. The van der Waals surface area contributed by atoms with Crippen molar-refractivity contribution in [1.29, 1.82) is 0 Å². The van der Waals surface area contributed by atoms with Crippen molar-refractivity contribution in [3.63, 3.8) is 0 Å². The highest BCUT2D eigenvalue weighted by Gasteiger charge is 2.19. The smallest absolute Gasteiger partial charge is 0.0619 e. The van der Waals surface area contributed by atoms with Crippen LogP contribution in [-0.4, -0.2) is 9.13 Å². The maximum absolute atomic E-state index is 2.45. The van der Waals surface area contributed by atoms with Crippen LogP contribution < -0.4 is 0 Å². The topological polar surface area (TPSA) is 9.86 Å². The Balaban J connectivity index is 1.50. The SMILES string of the molecule is Cc1ccc(-n2c3ccccc3c3ccc4c(ccc5ccc6c(c7ccccc7n6-c6ccccc6)c54)c32)cc1. The number of rotatable bonds is 2. The van der Waals surface area contributed by atoms with Crippen LogP contribution >= 0.6 is 0 Å². The van der Waals surface area contributed by atoms with E-state index in [1.54, 1.807) is 0 Å². The number of para-hydroxylation sites is 3. The van der Waals surface area contributed by atoms with Crippen LogP contribution in [0.3, 0.4) is 0 Å². The Morgan fingerprint density at radius 3 is 1.76 bits per heavy atom. The monoisotopic (exact) mass is 522 g/mol. The average molecular weight is 523 g/mol. The third kappa shape index (κ3) is 3.07. The van der Waals surface area contributed by atoms with E-state index >= 15 is 0 Å². The van der Waals surface area contributed by atoms with Gasteiger partial charge in [0.25, 0.3) is 0 Å². The Morgan fingerprint density at radius 1 is 0.366 bits per heavy atom. The number of hydrogen-bond donors (Lipinski definition) is 0. The molecule has 0 aliphatic heterocycles. The first kappa shape index (κ1) is 22.5. The van der Waals surface area contributed by atoms with E-state index in [2.05, 4.69) is 156 Å². The van der Waals surface area contributed by atoms with E-state index in [1.165, 1.54) is 82.1 Å². The number of aryl methyl sites for hydroxylation is 1. The Hall–Kier alpha value is -5.34. The summed E-state index contributed by atoms with van der Waals surface area (Å²) in [7, 11) is 0. The van der Waals surface area contributed by atoms with Crippen molar-refractivity contribution in [3.05, 3.63) is 145 Å². The molecule has 41 heavy (non-hydrogen) atoms. The number of hydrogen-bond acceptors (Lipinski definition) is 0. The van der Waals surface area contributed by atoms with Gasteiger partial charge < -0.3 is 9.13 Å². The molecule has 7 aromatic carbocycles. The summed E-state index contributed by atoms with van der Waals surface area (Å²) in [4.78, 5) is 0. The molecule has 0 spiro atoms. The van der Waals surface area contributed by atoms with Gasteiger partial charge in [-0.2, -0.15) is 0 Å². The minimum Gasteiger partial charge on any atom is -0.309 e. The van der Waals surface area contributed by atoms with Gasteiger partial charge in [-0.1, -0.05) is 103 Å². The lowest BCUT2D eigenvalue weighted by molar-refractivity contribution is 1.18. The summed E-state index contributed by atoms with van der Waals surface area (Å²) in [5.41, 5.74) is 8.59. The maximum atomic E-state index is 2.45. The maximum Gasteiger partial charge on any atom is 0.0619 e. The molecule has 2 heteroatoms. The minimum absolute atomic E-state index is 1.18. The Morgan fingerprint density at radius 2 is 0.951 bits per heavy atom. The second-order valence-electron chi connectivity index (χ2n) is 11.1. The highest BCUT2D eigenvalue weighted by molar-refractivity contribution is 6.31. The molecule has 0 aliphatic rings. The second-order valence-corrected chi connectivity index (χ2v) is 11.1. The van der Waals surface area contributed by atoms with Crippen molar-refractivity contribution in [1.82, 2.24) is 9.13 Å². The molecule has 0 N–H and O–H groups in total. The highest BCUT2D eigenvalue weighted by atomic mass is 15.0. The summed E-state index contributed by atoms with van der Waals surface area (Å²) in [5.74, 6) is 0. The third-order valence-electron chi connectivity index (χ3n) is 8.75. The summed E-state index contributed by atoms with van der Waals surface area (Å²) >= 11 is 0. The molecule has 0 saturated heterocycles. The average Bonchev–Trinajstić information content (AvgIpc) is 3.55. The number of nitrogens with zero attached hydrogens (tertiary/aromatic N) is 2. The number of fused-ring (bicyclic) bond motifs is 11. The van der Waals surface area contributed by atoms with E-state index < -0.39 is 0 Å². The van der Waals surface area contributed by atoms with Crippen LogP contribution in [-0.2, 0) is 0 Å². The second kappa shape index (κ2) is 8.33. The molecule has 0 bridgehead atoms. The van der Waals surface area contributed by atoms with Crippen molar-refractivity contribution in [2.45, 2.75) is 6.92 Å². The van der Waals surface area contributed by atoms with Crippen LogP contribution in [0.4, 0.5) is 0 Å². The van der Waals surface area contributed by atoms with Crippen molar-refractivity contribution in [2.24, 2.45) is 0 Å². The zero-order valence-electron chi connectivity index (χ0n) is 22.7. The van der Waals surface area contributed by atoms with E-state index in [0.717, 1.165) is 0 Å². The molecule has 0 saturated carbocycles. The lowest BCUT2D eigenvalue weighted by Crippen LogP contribution is -1.95. The quantitative estimate of drug-likeness (QED) is 0.200. The van der Waals surface area contributed by atoms with Gasteiger partial charge in [-0.15, -0.1) is 0 Å². The minimum atomic E-state index is 1.18. The van der Waals surface area contributed by atoms with Crippen molar-refractivity contribution in [2.75, 3.05) is 0 Å². The van der Waals surface area contributed by atoms with E-state index in [1.807, 2.05) is 0 Å². The van der Waals surface area contributed by atoms with Gasteiger partial charge in [0.1, 0.15) is 0 Å². The first-order chi connectivity index (χ1) is 20.3. The first-order valence-corrected chi connectivity index (χ1v) is 14.2. The molecular formula is C39H26N2. The summed E-state index contributed by atoms with van der Waals surface area (Å²) < 4.78 is 4.86. The standard InChI is InChI=1S/C39H26N2/c1-25-15-19-28(20-16-25)41-34-13-7-5-11-29(34)31-23-22-30-32(39(31)41)21-17-26-18-24-36-38(37(26)30)33-12-6-8-14-35(33)40(36)27-9-3-2-4-10-27/h2-24H,1H3. The van der Waals surface area contributed by atoms with Gasteiger partial charge in [-0.3, -0.25) is 0 Å². The predicted octanol–water partition coefficient (Wildman–Crippen LogP) is 10.5. The van der Waals surface area contributed by atoms with Gasteiger partial charge in [0.15, 0.2) is 0 Å². The molecule has 2 heterocycles. The van der Waals surface area contributed by atoms with Crippen LogP contribution in [0.15, 0.2) is 140 Å². The Labute approximate surface area is 237 Å². The molecule has 9 rings (SSSR count). The molecule has 0 radical (unpaired) electrons. The molecule has 0 aliphatic carbocycles. The Kier molecular flexibility index (Phi) is 4.57. The van der Waals surface area contributed by atoms with Gasteiger partial charge in [0, 0.05) is 38.3 Å². The molecule has 0 fully saturated rings. The highest BCUT2D eigenvalue weighted by Crippen LogP contribution is 2.43. The molecule has 0 amide bonds. The van der Waals surface area contributed by atoms with Crippen LogP contribution in [0.5, 0.6) is 0 Å². The van der Waals surface area contributed by atoms with E-state index in [0.29, 0.717) is 0 Å². The van der Waals surface area contributed by atoms with Crippen LogP contribution in [0.1, 0.15) is 5.56 Å². The van der Waals surface area contributed by atoms with Gasteiger partial charge in [-0.05, 0) is 65.5 Å². The summed E-state index contributed by atoms with van der Waals surface area (Å²) in [6.07, 6.45) is 0. The van der Waals surface area contributed by atoms with Gasteiger partial charge in [0.2, 0.25) is 0 Å². The van der Waals surface area contributed by atoms with Crippen LogP contribution in [0, 0.1) is 6.92 Å². The van der Waals surface area contributed by atoms with Crippen molar-refractivity contribution >= 4 is 65.2 Å². The fourth-order valence-electron chi connectivity index (χ4n) is 6.97.